The van der Waals surface area contributed by atoms with E-state index in [0.717, 1.165) is 12.2 Å². The minimum absolute atomic E-state index is 0.570. The van der Waals surface area contributed by atoms with Crippen molar-refractivity contribution in [1.82, 2.24) is 0 Å². The van der Waals surface area contributed by atoms with E-state index >= 15 is 0 Å². The summed E-state index contributed by atoms with van der Waals surface area (Å²) >= 11 is 0. The maximum atomic E-state index is 5.33. The number of hydrogen-bond donors (Lipinski definition) is 0. The summed E-state index contributed by atoms with van der Waals surface area (Å²) in [5, 5.41) is 0. The van der Waals surface area contributed by atoms with E-state index in [1.54, 1.807) is 7.11 Å². The monoisotopic (exact) mass is 218 g/mol. The molecule has 1 rings (SSSR count). The molecule has 1 unspecified atom stereocenters. The van der Waals surface area contributed by atoms with Crippen molar-refractivity contribution in [2.24, 2.45) is 0 Å². The highest BCUT2D eigenvalue weighted by Crippen LogP contribution is 2.30. The van der Waals surface area contributed by atoms with Gasteiger partial charge in [-0.05, 0) is 55.9 Å². The summed E-state index contributed by atoms with van der Waals surface area (Å²) in [6, 6.07) is 4.26. The highest BCUT2D eigenvalue weighted by atomic mass is 16.5. The fraction of sp³-hybridized carbons (Fsp3) is 0.467. The van der Waals surface area contributed by atoms with E-state index in [4.69, 9.17) is 4.74 Å². The Bertz CT molecular complexity index is 377. The molecule has 0 saturated carbocycles. The van der Waals surface area contributed by atoms with E-state index in [1.165, 1.54) is 16.7 Å². The molecule has 0 spiro atoms. The highest BCUT2D eigenvalue weighted by Gasteiger charge is 2.11. The van der Waals surface area contributed by atoms with Crippen LogP contribution in [0.25, 0.3) is 0 Å². The average Bonchev–Trinajstić information content (AvgIpc) is 2.29. The Morgan fingerprint density at radius 1 is 1.25 bits per heavy atom. The second-order valence-electron chi connectivity index (χ2n) is 4.31. The maximum Gasteiger partial charge on any atom is 0.122 e. The zero-order valence-corrected chi connectivity index (χ0v) is 11.0. The van der Waals surface area contributed by atoms with Crippen LogP contribution in [0.3, 0.4) is 0 Å². The molecule has 16 heavy (non-hydrogen) atoms. The molecule has 1 aromatic rings. The summed E-state index contributed by atoms with van der Waals surface area (Å²) in [5.74, 6) is 1.56. The van der Waals surface area contributed by atoms with Crippen molar-refractivity contribution in [1.29, 1.82) is 0 Å². The maximum absolute atomic E-state index is 5.33. The molecule has 0 amide bonds. The lowest BCUT2D eigenvalue weighted by molar-refractivity contribution is 0.411. The molecule has 88 valence electrons. The minimum Gasteiger partial charge on any atom is -0.496 e. The van der Waals surface area contributed by atoms with Crippen LogP contribution in [0.2, 0.25) is 0 Å². The molecule has 0 radical (unpaired) electrons. The van der Waals surface area contributed by atoms with Crippen molar-refractivity contribution in [3.05, 3.63) is 41.0 Å². The number of rotatable bonds is 4. The van der Waals surface area contributed by atoms with Gasteiger partial charge < -0.3 is 4.74 Å². The topological polar surface area (TPSA) is 9.23 Å². The molecule has 1 atom stereocenters. The van der Waals surface area contributed by atoms with E-state index in [9.17, 15) is 0 Å². The lowest BCUT2D eigenvalue weighted by atomic mass is 9.91. The predicted molar refractivity (Wildman–Crippen MR) is 70.3 cm³/mol. The van der Waals surface area contributed by atoms with Crippen LogP contribution in [0, 0.1) is 13.8 Å². The van der Waals surface area contributed by atoms with Gasteiger partial charge in [-0.3, -0.25) is 0 Å². The van der Waals surface area contributed by atoms with Crippen LogP contribution in [0.4, 0.5) is 0 Å². The van der Waals surface area contributed by atoms with E-state index in [-0.39, 0.29) is 0 Å². The van der Waals surface area contributed by atoms with Gasteiger partial charge in [0.2, 0.25) is 0 Å². The Labute approximate surface area is 99.1 Å². The van der Waals surface area contributed by atoms with Gasteiger partial charge >= 0.3 is 0 Å². The van der Waals surface area contributed by atoms with Crippen LogP contribution in [-0.2, 0) is 0 Å². The van der Waals surface area contributed by atoms with E-state index in [2.05, 4.69) is 52.0 Å². The lowest BCUT2D eigenvalue weighted by Crippen LogP contribution is -1.99. The molecule has 0 heterocycles. The van der Waals surface area contributed by atoms with E-state index < -0.39 is 0 Å². The van der Waals surface area contributed by atoms with Gasteiger partial charge in [0.25, 0.3) is 0 Å². The highest BCUT2D eigenvalue weighted by molar-refractivity contribution is 5.44. The van der Waals surface area contributed by atoms with Crippen LogP contribution < -0.4 is 4.74 Å². The molecule has 0 N–H and O–H groups in total. The van der Waals surface area contributed by atoms with Crippen molar-refractivity contribution >= 4 is 0 Å². The largest absolute Gasteiger partial charge is 0.496 e. The molecule has 0 aromatic heterocycles. The summed E-state index contributed by atoms with van der Waals surface area (Å²) in [6.07, 6.45) is 5.44. The van der Waals surface area contributed by atoms with Gasteiger partial charge in [0.05, 0.1) is 7.11 Å². The SMILES string of the molecule is C/C=C\CC(C)c1ccc(OC)c(C)c1C. The molecular weight excluding hydrogens is 196 g/mol. The van der Waals surface area contributed by atoms with Gasteiger partial charge in [0.1, 0.15) is 5.75 Å². The number of hydrogen-bond acceptors (Lipinski definition) is 1. The van der Waals surface area contributed by atoms with Crippen molar-refractivity contribution in [3.8, 4) is 5.75 Å². The van der Waals surface area contributed by atoms with Gasteiger partial charge in [-0.25, -0.2) is 0 Å². The predicted octanol–water partition coefficient (Wildman–Crippen LogP) is 4.38. The Balaban J connectivity index is 3.02. The normalized spacial score (nSPS) is 13.1. The second-order valence-corrected chi connectivity index (χ2v) is 4.31. The lowest BCUT2D eigenvalue weighted by Gasteiger charge is -2.17. The first kappa shape index (κ1) is 12.8. The molecule has 1 aromatic carbocycles. The third-order valence-corrected chi connectivity index (χ3v) is 3.26. The number of ether oxygens (including phenoxy) is 1. The molecule has 0 saturated heterocycles. The van der Waals surface area contributed by atoms with Crippen LogP contribution >= 0.6 is 0 Å². The Hall–Kier alpha value is -1.24. The number of allylic oxidation sites excluding steroid dienone is 2. The molecule has 0 fully saturated rings. The molecular formula is C15H22O. The van der Waals surface area contributed by atoms with E-state index in [0.29, 0.717) is 5.92 Å². The molecule has 0 aliphatic carbocycles. The van der Waals surface area contributed by atoms with Crippen molar-refractivity contribution in [3.63, 3.8) is 0 Å². The van der Waals surface area contributed by atoms with Gasteiger partial charge in [0, 0.05) is 0 Å². The first-order valence-electron chi connectivity index (χ1n) is 5.87. The third kappa shape index (κ3) is 2.66. The van der Waals surface area contributed by atoms with Crippen LogP contribution in [0.1, 0.15) is 42.9 Å². The minimum atomic E-state index is 0.570. The Morgan fingerprint density at radius 3 is 2.50 bits per heavy atom. The Morgan fingerprint density at radius 2 is 1.94 bits per heavy atom. The van der Waals surface area contributed by atoms with Gasteiger partial charge in [0.15, 0.2) is 0 Å². The van der Waals surface area contributed by atoms with Crippen molar-refractivity contribution < 1.29 is 4.74 Å². The second kappa shape index (κ2) is 5.74. The fourth-order valence-corrected chi connectivity index (χ4v) is 2.04. The van der Waals surface area contributed by atoms with Crippen LogP contribution in [-0.4, -0.2) is 7.11 Å². The van der Waals surface area contributed by atoms with E-state index in [1.807, 2.05) is 0 Å². The molecule has 0 aliphatic rings. The van der Waals surface area contributed by atoms with Gasteiger partial charge in [-0.2, -0.15) is 0 Å². The summed E-state index contributed by atoms with van der Waals surface area (Å²) in [7, 11) is 1.73. The average molecular weight is 218 g/mol. The van der Waals surface area contributed by atoms with Crippen LogP contribution in [0.5, 0.6) is 5.75 Å². The van der Waals surface area contributed by atoms with Crippen LogP contribution in [0.15, 0.2) is 24.3 Å². The Kier molecular flexibility index (Phi) is 4.60. The summed E-state index contributed by atoms with van der Waals surface area (Å²) in [4.78, 5) is 0. The van der Waals surface area contributed by atoms with Crippen molar-refractivity contribution in [2.75, 3.05) is 7.11 Å². The van der Waals surface area contributed by atoms with Gasteiger partial charge in [-0.15, -0.1) is 0 Å². The first-order valence-corrected chi connectivity index (χ1v) is 5.87. The fourth-order valence-electron chi connectivity index (χ4n) is 2.04. The molecule has 1 heteroatoms. The molecule has 1 nitrogen and oxygen atoms in total. The summed E-state index contributed by atoms with van der Waals surface area (Å²) in [6.45, 7) is 8.65. The van der Waals surface area contributed by atoms with Gasteiger partial charge in [-0.1, -0.05) is 25.1 Å². The summed E-state index contributed by atoms with van der Waals surface area (Å²) < 4.78 is 5.33. The molecule has 0 bridgehead atoms. The molecule has 0 aliphatic heterocycles. The number of methoxy groups -OCH3 is 1. The summed E-state index contributed by atoms with van der Waals surface area (Å²) in [5.41, 5.74) is 4.04. The zero-order valence-electron chi connectivity index (χ0n) is 11.0. The standard InChI is InChI=1S/C15H22O/c1-6-7-8-11(2)14-9-10-15(16-5)13(4)12(14)3/h6-7,9-11H,8H2,1-5H3/b7-6-. The first-order chi connectivity index (χ1) is 7.61. The smallest absolute Gasteiger partial charge is 0.122 e. The number of benzene rings is 1. The quantitative estimate of drug-likeness (QED) is 0.681. The third-order valence-electron chi connectivity index (χ3n) is 3.26. The van der Waals surface area contributed by atoms with Crippen molar-refractivity contribution in [2.45, 2.75) is 40.0 Å². The zero-order chi connectivity index (χ0) is 12.1.